The molecule has 2 aromatic rings. The zero-order chi connectivity index (χ0) is 14.8. The summed E-state index contributed by atoms with van der Waals surface area (Å²) < 4.78 is 22.6. The summed E-state index contributed by atoms with van der Waals surface area (Å²) in [5.74, 6) is -0.334. The third-order valence-electron chi connectivity index (χ3n) is 2.68. The van der Waals surface area contributed by atoms with Crippen LogP contribution in [0, 0.1) is 0 Å². The van der Waals surface area contributed by atoms with Gasteiger partial charge in [-0.3, -0.25) is 4.79 Å². The van der Waals surface area contributed by atoms with Gasteiger partial charge in [-0.15, -0.1) is 11.3 Å². The van der Waals surface area contributed by atoms with Crippen LogP contribution in [0.15, 0.2) is 46.7 Å². The molecule has 20 heavy (non-hydrogen) atoms. The maximum Gasteiger partial charge on any atom is 0.246 e. The highest BCUT2D eigenvalue weighted by Crippen LogP contribution is 2.19. The van der Waals surface area contributed by atoms with Gasteiger partial charge in [0.15, 0.2) is 9.84 Å². The van der Waals surface area contributed by atoms with Crippen molar-refractivity contribution < 1.29 is 13.2 Å². The molecule has 0 bridgehead atoms. The van der Waals surface area contributed by atoms with Gasteiger partial charge in [-0.25, -0.2) is 8.42 Å². The van der Waals surface area contributed by atoms with Gasteiger partial charge >= 0.3 is 0 Å². The normalized spacial score (nSPS) is 12.9. The third-order valence-corrected chi connectivity index (χ3v) is 4.77. The fourth-order valence-electron chi connectivity index (χ4n) is 1.60. The van der Waals surface area contributed by atoms with Crippen molar-refractivity contribution in [3.63, 3.8) is 0 Å². The third kappa shape index (κ3) is 3.44. The molecule has 0 saturated carbocycles. The van der Waals surface area contributed by atoms with Crippen molar-refractivity contribution in [3.8, 4) is 0 Å². The lowest BCUT2D eigenvalue weighted by Gasteiger charge is -2.11. The van der Waals surface area contributed by atoms with Crippen LogP contribution in [0.25, 0.3) is 0 Å². The molecule has 1 unspecified atom stereocenters. The van der Waals surface area contributed by atoms with Crippen LogP contribution in [-0.2, 0) is 14.6 Å². The second kappa shape index (κ2) is 5.74. The zero-order valence-electron chi connectivity index (χ0n) is 10.7. The lowest BCUT2D eigenvalue weighted by molar-refractivity contribution is -0.117. The summed E-state index contributed by atoms with van der Waals surface area (Å²) in [4.78, 5) is 12.9. The predicted molar refractivity (Wildman–Crippen MR) is 79.4 cm³/mol. The van der Waals surface area contributed by atoms with E-state index in [0.29, 0.717) is 5.69 Å². The zero-order valence-corrected chi connectivity index (χ0v) is 12.4. The van der Waals surface area contributed by atoms with Gasteiger partial charge in [-0.2, -0.15) is 0 Å². The van der Waals surface area contributed by atoms with Crippen molar-refractivity contribution >= 4 is 32.8 Å². The number of sulfone groups is 1. The Kier molecular flexibility index (Phi) is 4.22. The second-order valence-corrected chi connectivity index (χ2v) is 7.27. The first-order valence-corrected chi connectivity index (χ1v) is 8.55. The number of amides is 1. The number of anilines is 1. The van der Waals surface area contributed by atoms with E-state index in [2.05, 4.69) is 5.32 Å². The van der Waals surface area contributed by atoms with E-state index in [1.807, 2.05) is 11.4 Å². The minimum Gasteiger partial charge on any atom is -0.324 e. The highest BCUT2D eigenvalue weighted by Gasteiger charge is 2.17. The lowest BCUT2D eigenvalue weighted by Crippen LogP contribution is -2.26. The first-order valence-electron chi connectivity index (χ1n) is 5.78. The molecule has 0 saturated heterocycles. The van der Waals surface area contributed by atoms with Gasteiger partial charge in [0.05, 0.1) is 4.90 Å². The SMILES string of the molecule is CS(=O)(=O)c1ccc(NC(=O)C(N)c2cccs2)cc1. The number of nitrogens with one attached hydrogen (secondary N) is 1. The topological polar surface area (TPSA) is 89.3 Å². The predicted octanol–water partition coefficient (Wildman–Crippen LogP) is 1.79. The van der Waals surface area contributed by atoms with E-state index in [9.17, 15) is 13.2 Å². The minimum atomic E-state index is -3.24. The molecule has 2 rings (SSSR count). The molecule has 7 heteroatoms. The molecule has 106 valence electrons. The number of rotatable bonds is 4. The van der Waals surface area contributed by atoms with Gasteiger partial charge in [-0.05, 0) is 35.7 Å². The smallest absolute Gasteiger partial charge is 0.246 e. The Morgan fingerprint density at radius 2 is 1.90 bits per heavy atom. The molecule has 0 aliphatic heterocycles. The van der Waals surface area contributed by atoms with Crippen LogP contribution in [0.4, 0.5) is 5.69 Å². The van der Waals surface area contributed by atoms with E-state index in [4.69, 9.17) is 5.73 Å². The number of benzene rings is 1. The largest absolute Gasteiger partial charge is 0.324 e. The van der Waals surface area contributed by atoms with Crippen LogP contribution in [0.3, 0.4) is 0 Å². The monoisotopic (exact) mass is 310 g/mol. The van der Waals surface area contributed by atoms with Crippen molar-refractivity contribution in [2.45, 2.75) is 10.9 Å². The van der Waals surface area contributed by atoms with Crippen LogP contribution in [-0.4, -0.2) is 20.6 Å². The Morgan fingerprint density at radius 3 is 2.40 bits per heavy atom. The molecule has 0 fully saturated rings. The number of nitrogens with two attached hydrogens (primary N) is 1. The molecule has 1 atom stereocenters. The van der Waals surface area contributed by atoms with Gasteiger partial charge in [0.1, 0.15) is 6.04 Å². The Bertz CT molecular complexity index is 692. The Hall–Kier alpha value is -1.70. The van der Waals surface area contributed by atoms with Crippen molar-refractivity contribution in [2.24, 2.45) is 5.73 Å². The molecule has 1 amide bonds. The molecule has 0 spiro atoms. The maximum absolute atomic E-state index is 11.9. The highest BCUT2D eigenvalue weighted by molar-refractivity contribution is 7.90. The fourth-order valence-corrected chi connectivity index (χ4v) is 2.96. The molecule has 1 aromatic carbocycles. The van der Waals surface area contributed by atoms with Crippen molar-refractivity contribution in [1.29, 1.82) is 0 Å². The standard InChI is InChI=1S/C13H14N2O3S2/c1-20(17,18)10-6-4-9(5-7-10)15-13(16)12(14)11-3-2-8-19-11/h2-8,12H,14H2,1H3,(H,15,16). The van der Waals surface area contributed by atoms with E-state index in [0.717, 1.165) is 11.1 Å². The second-order valence-electron chi connectivity index (χ2n) is 4.28. The summed E-state index contributed by atoms with van der Waals surface area (Å²) >= 11 is 1.41. The summed E-state index contributed by atoms with van der Waals surface area (Å²) in [5, 5.41) is 4.51. The Balaban J connectivity index is 2.09. The molecule has 1 heterocycles. The average molecular weight is 310 g/mol. The maximum atomic E-state index is 11.9. The van der Waals surface area contributed by atoms with Crippen molar-refractivity contribution in [2.75, 3.05) is 11.6 Å². The quantitative estimate of drug-likeness (QED) is 0.901. The molecule has 0 aliphatic carbocycles. The highest BCUT2D eigenvalue weighted by atomic mass is 32.2. The molecule has 5 nitrogen and oxygen atoms in total. The first-order chi connectivity index (χ1) is 9.38. The number of thiophene rings is 1. The van der Waals surface area contributed by atoms with E-state index >= 15 is 0 Å². The summed E-state index contributed by atoms with van der Waals surface area (Å²) in [6.45, 7) is 0. The van der Waals surface area contributed by atoms with Gasteiger partial charge in [0.2, 0.25) is 5.91 Å². The van der Waals surface area contributed by atoms with Crippen molar-refractivity contribution in [1.82, 2.24) is 0 Å². The van der Waals surface area contributed by atoms with Gasteiger partial charge in [0, 0.05) is 16.8 Å². The van der Waals surface area contributed by atoms with E-state index in [1.54, 1.807) is 6.07 Å². The summed E-state index contributed by atoms with van der Waals surface area (Å²) in [6.07, 6.45) is 1.13. The Labute approximate surface area is 121 Å². The summed E-state index contributed by atoms with van der Waals surface area (Å²) in [5.41, 5.74) is 6.34. The first kappa shape index (κ1) is 14.7. The lowest BCUT2D eigenvalue weighted by atomic mass is 10.2. The average Bonchev–Trinajstić information content (AvgIpc) is 2.91. The minimum absolute atomic E-state index is 0.207. The molecule has 1 aromatic heterocycles. The van der Waals surface area contributed by atoms with Gasteiger partial charge in [-0.1, -0.05) is 6.07 Å². The fraction of sp³-hybridized carbons (Fsp3) is 0.154. The number of carbonyl (C=O) groups excluding carboxylic acids is 1. The van der Waals surface area contributed by atoms with Crippen LogP contribution >= 0.6 is 11.3 Å². The number of carbonyl (C=O) groups is 1. The van der Waals surface area contributed by atoms with E-state index in [1.165, 1.54) is 35.6 Å². The van der Waals surface area contributed by atoms with E-state index < -0.39 is 15.9 Å². The Morgan fingerprint density at radius 1 is 1.25 bits per heavy atom. The number of hydrogen-bond acceptors (Lipinski definition) is 5. The molecule has 3 N–H and O–H groups in total. The van der Waals surface area contributed by atoms with Gasteiger partial charge in [0.25, 0.3) is 0 Å². The van der Waals surface area contributed by atoms with Crippen LogP contribution in [0.5, 0.6) is 0 Å². The van der Waals surface area contributed by atoms with Crippen LogP contribution in [0.1, 0.15) is 10.9 Å². The van der Waals surface area contributed by atoms with Crippen LogP contribution < -0.4 is 11.1 Å². The van der Waals surface area contributed by atoms with Crippen molar-refractivity contribution in [3.05, 3.63) is 46.7 Å². The number of hydrogen-bond donors (Lipinski definition) is 2. The van der Waals surface area contributed by atoms with Crippen LogP contribution in [0.2, 0.25) is 0 Å². The molecular weight excluding hydrogens is 296 g/mol. The van der Waals surface area contributed by atoms with E-state index in [-0.39, 0.29) is 10.8 Å². The molecule has 0 radical (unpaired) electrons. The summed E-state index contributed by atoms with van der Waals surface area (Å²) in [6, 6.07) is 8.86. The molecular formula is C13H14N2O3S2. The molecule has 0 aliphatic rings. The summed E-state index contributed by atoms with van der Waals surface area (Å²) in [7, 11) is -3.24. The van der Waals surface area contributed by atoms with Gasteiger partial charge < -0.3 is 11.1 Å².